The van der Waals surface area contributed by atoms with Crippen LogP contribution in [0.5, 0.6) is 0 Å². The Bertz CT molecular complexity index is 564. The molecule has 3 rings (SSSR count). The van der Waals surface area contributed by atoms with E-state index in [0.29, 0.717) is 5.92 Å². The summed E-state index contributed by atoms with van der Waals surface area (Å²) in [5.74, 6) is 0.453. The monoisotopic (exact) mass is 354 g/mol. The highest BCUT2D eigenvalue weighted by Crippen LogP contribution is 2.43. The van der Waals surface area contributed by atoms with Crippen molar-refractivity contribution in [2.45, 2.75) is 56.9 Å². The van der Waals surface area contributed by atoms with E-state index < -0.39 is 5.41 Å². The molecule has 24 heavy (non-hydrogen) atoms. The molecule has 2 fully saturated rings. The van der Waals surface area contributed by atoms with Crippen LogP contribution in [0, 0.1) is 11.7 Å². The second kappa shape index (κ2) is 7.83. The molecule has 2 aliphatic rings. The van der Waals surface area contributed by atoms with Gasteiger partial charge in [0.05, 0.1) is 5.41 Å². The molecule has 0 radical (unpaired) electrons. The van der Waals surface area contributed by atoms with Gasteiger partial charge in [-0.2, -0.15) is 0 Å². The average molecular weight is 355 g/mol. The fourth-order valence-corrected chi connectivity index (χ4v) is 4.32. The van der Waals surface area contributed by atoms with E-state index in [1.165, 1.54) is 6.07 Å². The van der Waals surface area contributed by atoms with Crippen LogP contribution in [0.2, 0.25) is 0 Å². The Morgan fingerprint density at radius 2 is 1.92 bits per heavy atom. The van der Waals surface area contributed by atoms with Crippen molar-refractivity contribution in [3.8, 4) is 0 Å². The second-order valence-electron chi connectivity index (χ2n) is 7.29. The van der Waals surface area contributed by atoms with Gasteiger partial charge in [0.15, 0.2) is 0 Å². The smallest absolute Gasteiger partial charge is 0.233 e. The molecule has 1 saturated heterocycles. The molecule has 1 aliphatic carbocycles. The van der Waals surface area contributed by atoms with Crippen LogP contribution in [0.3, 0.4) is 0 Å². The van der Waals surface area contributed by atoms with Gasteiger partial charge in [-0.1, -0.05) is 25.0 Å². The van der Waals surface area contributed by atoms with Gasteiger partial charge in [0.25, 0.3) is 0 Å². The van der Waals surface area contributed by atoms with Crippen LogP contribution >= 0.6 is 12.4 Å². The van der Waals surface area contributed by atoms with Crippen molar-refractivity contribution in [2.75, 3.05) is 13.1 Å². The van der Waals surface area contributed by atoms with Crippen molar-refractivity contribution in [1.82, 2.24) is 4.90 Å². The largest absolute Gasteiger partial charge is 0.342 e. The summed E-state index contributed by atoms with van der Waals surface area (Å²) in [5, 5.41) is 0. The molecule has 1 atom stereocenters. The lowest BCUT2D eigenvalue weighted by Gasteiger charge is -2.39. The minimum absolute atomic E-state index is 0. The number of likely N-dealkylation sites (tertiary alicyclic amines) is 1. The highest BCUT2D eigenvalue weighted by molar-refractivity contribution is 5.88. The molecule has 5 heteroatoms. The number of amides is 1. The summed E-state index contributed by atoms with van der Waals surface area (Å²) >= 11 is 0. The SMILES string of the molecule is CC(N)C1CCN(C(=O)C2(c3cccc(F)c3)CCCC2)CC1.Cl. The van der Waals surface area contributed by atoms with Crippen LogP contribution in [0.4, 0.5) is 4.39 Å². The molecule has 134 valence electrons. The number of benzene rings is 1. The highest BCUT2D eigenvalue weighted by Gasteiger charge is 2.45. The summed E-state index contributed by atoms with van der Waals surface area (Å²) in [5.41, 5.74) is 6.34. The zero-order valence-electron chi connectivity index (χ0n) is 14.3. The number of hydrogen-bond donors (Lipinski definition) is 1. The molecular weight excluding hydrogens is 327 g/mol. The summed E-state index contributed by atoms with van der Waals surface area (Å²) in [4.78, 5) is 15.3. The maximum absolute atomic E-state index is 13.7. The zero-order valence-corrected chi connectivity index (χ0v) is 15.2. The summed E-state index contributed by atoms with van der Waals surface area (Å²) in [6, 6.07) is 6.83. The van der Waals surface area contributed by atoms with E-state index >= 15 is 0 Å². The van der Waals surface area contributed by atoms with Crippen LogP contribution < -0.4 is 5.73 Å². The minimum Gasteiger partial charge on any atom is -0.342 e. The van der Waals surface area contributed by atoms with Crippen LogP contribution in [0.1, 0.15) is 51.0 Å². The fraction of sp³-hybridized carbons (Fsp3) is 0.632. The number of carbonyl (C=O) groups excluding carboxylic acids is 1. The van der Waals surface area contributed by atoms with Gasteiger partial charge in [0.1, 0.15) is 5.82 Å². The second-order valence-corrected chi connectivity index (χ2v) is 7.29. The number of piperidine rings is 1. The van der Waals surface area contributed by atoms with Gasteiger partial charge < -0.3 is 10.6 Å². The van der Waals surface area contributed by atoms with Gasteiger partial charge in [-0.15, -0.1) is 12.4 Å². The number of hydrogen-bond acceptors (Lipinski definition) is 2. The number of carbonyl (C=O) groups is 1. The van der Waals surface area contributed by atoms with E-state index in [9.17, 15) is 9.18 Å². The first-order valence-electron chi connectivity index (χ1n) is 8.84. The Morgan fingerprint density at radius 3 is 2.46 bits per heavy atom. The van der Waals surface area contributed by atoms with Crippen LogP contribution in [0.25, 0.3) is 0 Å². The number of halogens is 2. The average Bonchev–Trinajstić information content (AvgIpc) is 3.05. The van der Waals surface area contributed by atoms with Crippen molar-refractivity contribution >= 4 is 18.3 Å². The van der Waals surface area contributed by atoms with Crippen LogP contribution in [0.15, 0.2) is 24.3 Å². The van der Waals surface area contributed by atoms with Crippen LogP contribution in [-0.2, 0) is 10.2 Å². The van der Waals surface area contributed by atoms with Crippen molar-refractivity contribution in [3.63, 3.8) is 0 Å². The number of nitrogens with zero attached hydrogens (tertiary/aromatic N) is 1. The molecular formula is C19H28ClFN2O. The van der Waals surface area contributed by atoms with Gasteiger partial charge in [-0.25, -0.2) is 4.39 Å². The summed E-state index contributed by atoms with van der Waals surface area (Å²) in [6.07, 6.45) is 5.70. The quantitative estimate of drug-likeness (QED) is 0.900. The van der Waals surface area contributed by atoms with E-state index in [0.717, 1.165) is 57.2 Å². The van der Waals surface area contributed by atoms with E-state index in [1.807, 2.05) is 17.9 Å². The van der Waals surface area contributed by atoms with E-state index in [1.54, 1.807) is 12.1 Å². The van der Waals surface area contributed by atoms with Crippen LogP contribution in [-0.4, -0.2) is 29.9 Å². The fourth-order valence-electron chi connectivity index (χ4n) is 4.32. The molecule has 0 bridgehead atoms. The topological polar surface area (TPSA) is 46.3 Å². The molecule has 1 saturated carbocycles. The van der Waals surface area contributed by atoms with Gasteiger partial charge >= 0.3 is 0 Å². The standard InChI is InChI=1S/C19H27FN2O.ClH/c1-14(21)15-7-11-22(12-8-15)18(23)19(9-2-3-10-19)16-5-4-6-17(20)13-16;/h4-6,13-15H,2-3,7-12,21H2,1H3;1H. The Labute approximate surface area is 150 Å². The van der Waals surface area contributed by atoms with Gasteiger partial charge in [-0.05, 0) is 56.2 Å². The summed E-state index contributed by atoms with van der Waals surface area (Å²) < 4.78 is 13.7. The van der Waals surface area contributed by atoms with Crippen molar-refractivity contribution in [1.29, 1.82) is 0 Å². The third-order valence-electron chi connectivity index (χ3n) is 5.81. The minimum atomic E-state index is -0.511. The predicted octanol–water partition coefficient (Wildman–Crippen LogP) is 3.65. The summed E-state index contributed by atoms with van der Waals surface area (Å²) in [7, 11) is 0. The lowest BCUT2D eigenvalue weighted by Crippen LogP contribution is -2.50. The number of nitrogens with two attached hydrogens (primary N) is 1. The molecule has 0 aromatic heterocycles. The molecule has 2 N–H and O–H groups in total. The molecule has 1 aromatic carbocycles. The lowest BCUT2D eigenvalue weighted by atomic mass is 9.76. The normalized spacial score (nSPS) is 22.0. The Balaban J connectivity index is 0.00000208. The molecule has 1 amide bonds. The predicted molar refractivity (Wildman–Crippen MR) is 96.7 cm³/mol. The third kappa shape index (κ3) is 3.60. The molecule has 1 aliphatic heterocycles. The molecule has 1 aromatic rings. The van der Waals surface area contributed by atoms with E-state index in [4.69, 9.17) is 5.73 Å². The van der Waals surface area contributed by atoms with Gasteiger partial charge in [-0.3, -0.25) is 4.79 Å². The first kappa shape index (κ1) is 19.2. The first-order chi connectivity index (χ1) is 11.0. The number of rotatable bonds is 3. The van der Waals surface area contributed by atoms with Gasteiger partial charge in [0.2, 0.25) is 5.91 Å². The van der Waals surface area contributed by atoms with Gasteiger partial charge in [0, 0.05) is 19.1 Å². The van der Waals surface area contributed by atoms with E-state index in [2.05, 4.69) is 0 Å². The molecule has 0 spiro atoms. The Hall–Kier alpha value is -1.13. The maximum atomic E-state index is 13.7. The summed E-state index contributed by atoms with van der Waals surface area (Å²) in [6.45, 7) is 3.61. The molecule has 3 nitrogen and oxygen atoms in total. The lowest BCUT2D eigenvalue weighted by molar-refractivity contribution is -0.138. The highest BCUT2D eigenvalue weighted by atomic mass is 35.5. The first-order valence-corrected chi connectivity index (χ1v) is 8.84. The zero-order chi connectivity index (χ0) is 16.4. The van der Waals surface area contributed by atoms with Crippen molar-refractivity contribution in [3.05, 3.63) is 35.6 Å². The van der Waals surface area contributed by atoms with Crippen molar-refractivity contribution < 1.29 is 9.18 Å². The molecule has 1 unspecified atom stereocenters. The Morgan fingerprint density at radius 1 is 1.29 bits per heavy atom. The van der Waals surface area contributed by atoms with Crippen molar-refractivity contribution in [2.24, 2.45) is 11.7 Å². The Kier molecular flexibility index (Phi) is 6.27. The maximum Gasteiger partial charge on any atom is 0.233 e. The van der Waals surface area contributed by atoms with E-state index in [-0.39, 0.29) is 30.2 Å². The molecule has 1 heterocycles. The third-order valence-corrected chi connectivity index (χ3v) is 5.81.